The number of halogens is 2. The van der Waals surface area contributed by atoms with Crippen molar-refractivity contribution in [3.63, 3.8) is 0 Å². The third kappa shape index (κ3) is 3.18. The maximum absolute atomic E-state index is 14.8. The van der Waals surface area contributed by atoms with Crippen LogP contribution < -0.4 is 0 Å². The monoisotopic (exact) mass is 382 g/mol. The van der Waals surface area contributed by atoms with Crippen LogP contribution in [-0.4, -0.2) is 24.5 Å². The smallest absolute Gasteiger partial charge is 0.174 e. The Kier molecular flexibility index (Phi) is 4.17. The van der Waals surface area contributed by atoms with Crippen LogP contribution in [0.3, 0.4) is 0 Å². The topological polar surface area (TPSA) is 63.3 Å². The second-order valence-corrected chi connectivity index (χ2v) is 7.15. The lowest BCUT2D eigenvalue weighted by atomic mass is 9.99. The van der Waals surface area contributed by atoms with E-state index in [1.54, 1.807) is 47.3 Å². The van der Waals surface area contributed by atoms with Gasteiger partial charge in [0, 0.05) is 28.5 Å². The molecule has 0 aliphatic rings. The van der Waals surface area contributed by atoms with Crippen molar-refractivity contribution in [2.75, 3.05) is 0 Å². The predicted molar refractivity (Wildman–Crippen MR) is 102 cm³/mol. The number of aromatic nitrogens is 4. The van der Waals surface area contributed by atoms with Gasteiger partial charge in [-0.1, -0.05) is 11.6 Å². The molecule has 3 aromatic heterocycles. The number of nitrogens with zero attached hydrogens (tertiary/aromatic N) is 4. The molecule has 4 rings (SSSR count). The number of fused-ring (bicyclic) bond motifs is 1. The van der Waals surface area contributed by atoms with Crippen LogP contribution >= 0.6 is 11.6 Å². The van der Waals surface area contributed by atoms with Crippen LogP contribution in [0.25, 0.3) is 28.4 Å². The van der Waals surface area contributed by atoms with Crippen LogP contribution in [-0.2, 0) is 5.60 Å². The van der Waals surface area contributed by atoms with Gasteiger partial charge in [-0.25, -0.2) is 19.3 Å². The molecule has 136 valence electrons. The summed E-state index contributed by atoms with van der Waals surface area (Å²) in [5.74, 6) is -0.0177. The molecule has 0 aliphatic heterocycles. The van der Waals surface area contributed by atoms with E-state index in [2.05, 4.69) is 15.0 Å². The zero-order valence-electron chi connectivity index (χ0n) is 14.7. The molecule has 0 spiro atoms. The van der Waals surface area contributed by atoms with E-state index >= 15 is 0 Å². The number of pyridine rings is 1. The largest absolute Gasteiger partial charge is 0.386 e. The summed E-state index contributed by atoms with van der Waals surface area (Å²) in [6.07, 6.45) is 4.88. The number of hydrogen-bond donors (Lipinski definition) is 1. The summed E-state index contributed by atoms with van der Waals surface area (Å²) in [6.45, 7) is 3.07. The van der Waals surface area contributed by atoms with Gasteiger partial charge in [0.05, 0.1) is 23.2 Å². The lowest BCUT2D eigenvalue weighted by Crippen LogP contribution is -2.18. The number of aliphatic hydroxyl groups is 1. The Bertz CT molecular complexity index is 1130. The van der Waals surface area contributed by atoms with Gasteiger partial charge in [-0.15, -0.1) is 0 Å². The third-order valence-electron chi connectivity index (χ3n) is 4.30. The van der Waals surface area contributed by atoms with Gasteiger partial charge in [-0.2, -0.15) is 0 Å². The second-order valence-electron chi connectivity index (χ2n) is 6.71. The van der Waals surface area contributed by atoms with Crippen molar-refractivity contribution in [1.82, 2.24) is 19.4 Å². The second kappa shape index (κ2) is 6.40. The summed E-state index contributed by atoms with van der Waals surface area (Å²) in [5.41, 5.74) is 1.09. The van der Waals surface area contributed by atoms with E-state index < -0.39 is 11.4 Å². The molecule has 0 saturated carbocycles. The lowest BCUT2D eigenvalue weighted by molar-refractivity contribution is 0.0746. The first-order valence-electron chi connectivity index (χ1n) is 8.32. The van der Waals surface area contributed by atoms with Crippen LogP contribution in [0.2, 0.25) is 5.02 Å². The number of benzene rings is 1. The van der Waals surface area contributed by atoms with E-state index in [1.807, 2.05) is 12.1 Å². The van der Waals surface area contributed by atoms with Crippen molar-refractivity contribution < 1.29 is 9.50 Å². The minimum Gasteiger partial charge on any atom is -0.386 e. The van der Waals surface area contributed by atoms with Gasteiger partial charge in [0.1, 0.15) is 0 Å². The van der Waals surface area contributed by atoms with Gasteiger partial charge in [-0.05, 0) is 50.2 Å². The fourth-order valence-corrected chi connectivity index (χ4v) is 3.04. The van der Waals surface area contributed by atoms with Gasteiger partial charge in [0.15, 0.2) is 17.3 Å². The van der Waals surface area contributed by atoms with Crippen molar-refractivity contribution in [3.8, 4) is 22.8 Å². The molecule has 0 aliphatic carbocycles. The number of rotatable bonds is 3. The Labute approximate surface area is 160 Å². The summed E-state index contributed by atoms with van der Waals surface area (Å²) >= 11 is 5.93. The van der Waals surface area contributed by atoms with Crippen LogP contribution in [0.5, 0.6) is 0 Å². The highest BCUT2D eigenvalue weighted by Gasteiger charge is 2.24. The van der Waals surface area contributed by atoms with Gasteiger partial charge >= 0.3 is 0 Å². The summed E-state index contributed by atoms with van der Waals surface area (Å²) in [7, 11) is 0. The van der Waals surface area contributed by atoms with E-state index in [0.717, 1.165) is 5.56 Å². The first kappa shape index (κ1) is 17.6. The molecule has 0 unspecified atom stereocenters. The minimum atomic E-state index is -1.30. The highest BCUT2D eigenvalue weighted by molar-refractivity contribution is 6.30. The lowest BCUT2D eigenvalue weighted by Gasteiger charge is -2.18. The van der Waals surface area contributed by atoms with Crippen molar-refractivity contribution in [1.29, 1.82) is 0 Å². The quantitative estimate of drug-likeness (QED) is 0.567. The average molecular weight is 383 g/mol. The molecule has 0 amide bonds. The van der Waals surface area contributed by atoms with Gasteiger partial charge in [-0.3, -0.25) is 4.40 Å². The predicted octanol–water partition coefficient (Wildman–Crippen LogP) is 4.48. The third-order valence-corrected chi connectivity index (χ3v) is 4.55. The Morgan fingerprint density at radius 3 is 2.52 bits per heavy atom. The Balaban J connectivity index is 1.82. The molecule has 1 aromatic carbocycles. The van der Waals surface area contributed by atoms with Crippen LogP contribution in [0, 0.1) is 5.82 Å². The van der Waals surface area contributed by atoms with Crippen molar-refractivity contribution in [3.05, 3.63) is 71.4 Å². The molecule has 5 nitrogen and oxygen atoms in total. The Hall–Kier alpha value is -2.83. The maximum atomic E-state index is 14.8. The highest BCUT2D eigenvalue weighted by Crippen LogP contribution is 2.28. The molecular formula is C20H16ClFN4O. The fraction of sp³-hybridized carbons (Fsp3) is 0.150. The summed E-state index contributed by atoms with van der Waals surface area (Å²) in [5, 5.41) is 10.8. The first-order valence-corrected chi connectivity index (χ1v) is 8.70. The molecule has 0 atom stereocenters. The Morgan fingerprint density at radius 2 is 1.81 bits per heavy atom. The minimum absolute atomic E-state index is 0.135. The molecule has 7 heteroatoms. The summed E-state index contributed by atoms with van der Waals surface area (Å²) < 4.78 is 16.4. The highest BCUT2D eigenvalue weighted by atomic mass is 35.5. The van der Waals surface area contributed by atoms with Crippen LogP contribution in [0.1, 0.15) is 19.4 Å². The van der Waals surface area contributed by atoms with Crippen molar-refractivity contribution >= 4 is 17.2 Å². The zero-order valence-corrected chi connectivity index (χ0v) is 15.4. The average Bonchev–Trinajstić information content (AvgIpc) is 3.07. The van der Waals surface area contributed by atoms with E-state index in [4.69, 9.17) is 11.6 Å². The van der Waals surface area contributed by atoms with E-state index in [-0.39, 0.29) is 11.2 Å². The molecule has 27 heavy (non-hydrogen) atoms. The Morgan fingerprint density at radius 1 is 1.07 bits per heavy atom. The van der Waals surface area contributed by atoms with Crippen LogP contribution in [0.15, 0.2) is 55.0 Å². The molecule has 0 fully saturated rings. The molecule has 0 saturated heterocycles. The standard InChI is InChI=1S/C20H16ClFN4O/c1-20(2,27)14-8-10-26-16(11-24-19(26)17(14)22)15-7-9-23-18(25-15)12-3-5-13(21)6-4-12/h3-11,27H,1-2H3. The van der Waals surface area contributed by atoms with E-state index in [1.165, 1.54) is 13.8 Å². The fourth-order valence-electron chi connectivity index (χ4n) is 2.92. The number of imidazole rings is 1. The van der Waals surface area contributed by atoms with Gasteiger partial charge in [0.25, 0.3) is 0 Å². The molecule has 3 heterocycles. The first-order chi connectivity index (χ1) is 12.8. The van der Waals surface area contributed by atoms with Gasteiger partial charge in [0.2, 0.25) is 0 Å². The SMILES string of the molecule is CC(C)(O)c1ccn2c(-c3ccnc(-c4ccc(Cl)cc4)n3)cnc2c1F. The molecule has 1 N–H and O–H groups in total. The van der Waals surface area contributed by atoms with Gasteiger partial charge < -0.3 is 5.11 Å². The number of hydrogen-bond acceptors (Lipinski definition) is 4. The van der Waals surface area contributed by atoms with E-state index in [9.17, 15) is 9.50 Å². The molecule has 0 bridgehead atoms. The van der Waals surface area contributed by atoms with Crippen LogP contribution in [0.4, 0.5) is 4.39 Å². The van der Waals surface area contributed by atoms with E-state index in [0.29, 0.717) is 22.2 Å². The van der Waals surface area contributed by atoms with Crippen molar-refractivity contribution in [2.24, 2.45) is 0 Å². The summed E-state index contributed by atoms with van der Waals surface area (Å²) in [4.78, 5) is 13.1. The van der Waals surface area contributed by atoms with Crippen molar-refractivity contribution in [2.45, 2.75) is 19.4 Å². The summed E-state index contributed by atoms with van der Waals surface area (Å²) in [6, 6.07) is 10.5. The molecule has 0 radical (unpaired) electrons. The molecular weight excluding hydrogens is 367 g/mol. The zero-order chi connectivity index (χ0) is 19.2. The normalized spacial score (nSPS) is 11.9. The molecule has 4 aromatic rings. The maximum Gasteiger partial charge on any atom is 0.174 e.